The van der Waals surface area contributed by atoms with Crippen molar-refractivity contribution < 1.29 is 4.79 Å². The lowest BCUT2D eigenvalue weighted by molar-refractivity contribution is 0.101. The molecular formula is C13H21N3O. The Morgan fingerprint density at radius 3 is 2.59 bits per heavy atom. The van der Waals surface area contributed by atoms with Gasteiger partial charge in [-0.25, -0.2) is 0 Å². The SMILES string of the molecule is CC(=O)c1ccnc(CN(C)CCN(C)C)c1. The summed E-state index contributed by atoms with van der Waals surface area (Å²) in [7, 11) is 6.18. The Morgan fingerprint density at radius 2 is 2.00 bits per heavy atom. The maximum atomic E-state index is 11.3. The maximum absolute atomic E-state index is 11.3. The van der Waals surface area contributed by atoms with Gasteiger partial charge in [-0.15, -0.1) is 0 Å². The number of likely N-dealkylation sites (N-methyl/N-ethyl adjacent to an activating group) is 2. The number of ketones is 1. The topological polar surface area (TPSA) is 36.4 Å². The van der Waals surface area contributed by atoms with Crippen molar-refractivity contribution in [2.75, 3.05) is 34.2 Å². The highest BCUT2D eigenvalue weighted by Gasteiger charge is 2.05. The highest BCUT2D eigenvalue weighted by Crippen LogP contribution is 2.05. The summed E-state index contributed by atoms with van der Waals surface area (Å²) < 4.78 is 0. The van der Waals surface area contributed by atoms with Crippen molar-refractivity contribution >= 4 is 5.78 Å². The molecule has 0 atom stereocenters. The van der Waals surface area contributed by atoms with Crippen molar-refractivity contribution in [3.8, 4) is 0 Å². The molecule has 0 bridgehead atoms. The lowest BCUT2D eigenvalue weighted by Gasteiger charge is -2.18. The van der Waals surface area contributed by atoms with Crippen LogP contribution in [-0.2, 0) is 6.54 Å². The molecular weight excluding hydrogens is 214 g/mol. The second-order valence-corrected chi connectivity index (χ2v) is 4.63. The Kier molecular flexibility index (Phi) is 5.25. The molecule has 4 heteroatoms. The van der Waals surface area contributed by atoms with E-state index in [1.165, 1.54) is 0 Å². The van der Waals surface area contributed by atoms with Crippen LogP contribution in [0.1, 0.15) is 23.0 Å². The van der Waals surface area contributed by atoms with E-state index in [0.29, 0.717) is 0 Å². The van der Waals surface area contributed by atoms with Gasteiger partial charge in [0.2, 0.25) is 0 Å². The van der Waals surface area contributed by atoms with E-state index in [0.717, 1.165) is 30.9 Å². The first-order valence-electron chi connectivity index (χ1n) is 5.78. The molecule has 1 aromatic heterocycles. The third-order valence-electron chi connectivity index (χ3n) is 2.58. The van der Waals surface area contributed by atoms with Gasteiger partial charge in [-0.05, 0) is 40.2 Å². The Morgan fingerprint density at radius 1 is 1.29 bits per heavy atom. The summed E-state index contributed by atoms with van der Waals surface area (Å²) in [5.74, 6) is 0.0876. The molecule has 1 rings (SSSR count). The average molecular weight is 235 g/mol. The van der Waals surface area contributed by atoms with E-state index in [-0.39, 0.29) is 5.78 Å². The predicted octanol–water partition coefficient (Wildman–Crippen LogP) is 1.28. The second-order valence-electron chi connectivity index (χ2n) is 4.63. The van der Waals surface area contributed by atoms with Crippen LogP contribution in [0.3, 0.4) is 0 Å². The number of carbonyl (C=O) groups excluding carboxylic acids is 1. The first-order valence-corrected chi connectivity index (χ1v) is 5.78. The number of aromatic nitrogens is 1. The van der Waals surface area contributed by atoms with Crippen LogP contribution in [0.25, 0.3) is 0 Å². The van der Waals surface area contributed by atoms with Gasteiger partial charge >= 0.3 is 0 Å². The number of carbonyl (C=O) groups is 1. The minimum atomic E-state index is 0.0876. The van der Waals surface area contributed by atoms with E-state index in [9.17, 15) is 4.79 Å². The summed E-state index contributed by atoms with van der Waals surface area (Å²) >= 11 is 0. The Bertz CT molecular complexity index is 377. The molecule has 1 heterocycles. The number of hydrogen-bond acceptors (Lipinski definition) is 4. The fraction of sp³-hybridized carbons (Fsp3) is 0.538. The van der Waals surface area contributed by atoms with E-state index in [1.807, 2.05) is 6.07 Å². The van der Waals surface area contributed by atoms with Gasteiger partial charge in [0.1, 0.15) is 0 Å². The molecule has 0 aromatic carbocycles. The molecule has 0 fully saturated rings. The molecule has 0 saturated carbocycles. The summed E-state index contributed by atoms with van der Waals surface area (Å²) in [6.07, 6.45) is 1.70. The number of nitrogens with zero attached hydrogens (tertiary/aromatic N) is 3. The molecule has 0 saturated heterocycles. The van der Waals surface area contributed by atoms with Crippen molar-refractivity contribution in [1.29, 1.82) is 0 Å². The monoisotopic (exact) mass is 235 g/mol. The van der Waals surface area contributed by atoms with Gasteiger partial charge in [0.25, 0.3) is 0 Å². The van der Waals surface area contributed by atoms with Gasteiger partial charge in [-0.3, -0.25) is 14.7 Å². The van der Waals surface area contributed by atoms with Crippen LogP contribution in [0, 0.1) is 0 Å². The van der Waals surface area contributed by atoms with E-state index in [4.69, 9.17) is 0 Å². The van der Waals surface area contributed by atoms with Gasteiger partial charge in [-0.1, -0.05) is 0 Å². The lowest BCUT2D eigenvalue weighted by Crippen LogP contribution is -2.28. The molecule has 0 aliphatic carbocycles. The van der Waals surface area contributed by atoms with Crippen molar-refractivity contribution in [3.05, 3.63) is 29.6 Å². The second kappa shape index (κ2) is 6.47. The fourth-order valence-corrected chi connectivity index (χ4v) is 1.51. The summed E-state index contributed by atoms with van der Waals surface area (Å²) in [6, 6.07) is 3.63. The normalized spacial score (nSPS) is 11.2. The van der Waals surface area contributed by atoms with Gasteiger partial charge in [0.05, 0.1) is 5.69 Å². The molecule has 0 N–H and O–H groups in total. The first-order chi connectivity index (χ1) is 7.99. The average Bonchev–Trinajstić information content (AvgIpc) is 2.26. The van der Waals surface area contributed by atoms with Gasteiger partial charge in [0.15, 0.2) is 5.78 Å². The minimum absolute atomic E-state index is 0.0876. The Hall–Kier alpha value is -1.26. The highest BCUT2D eigenvalue weighted by molar-refractivity contribution is 5.93. The maximum Gasteiger partial charge on any atom is 0.159 e. The molecule has 0 aliphatic heterocycles. The van der Waals surface area contributed by atoms with Crippen LogP contribution in [0.5, 0.6) is 0 Å². The van der Waals surface area contributed by atoms with Crippen LogP contribution in [0.4, 0.5) is 0 Å². The molecule has 0 spiro atoms. The zero-order chi connectivity index (χ0) is 12.8. The number of rotatable bonds is 6. The fourth-order valence-electron chi connectivity index (χ4n) is 1.51. The molecule has 4 nitrogen and oxygen atoms in total. The molecule has 0 radical (unpaired) electrons. The first kappa shape index (κ1) is 13.8. The standard InChI is InChI=1S/C13H21N3O/c1-11(17)12-5-6-14-13(9-12)10-16(4)8-7-15(2)3/h5-6,9H,7-8,10H2,1-4H3. The molecule has 0 amide bonds. The van der Waals surface area contributed by atoms with Crippen molar-refractivity contribution in [1.82, 2.24) is 14.8 Å². The summed E-state index contributed by atoms with van der Waals surface area (Å²) in [4.78, 5) is 19.9. The Balaban J connectivity index is 2.56. The zero-order valence-corrected chi connectivity index (χ0v) is 11.1. The van der Waals surface area contributed by atoms with Crippen molar-refractivity contribution in [3.63, 3.8) is 0 Å². The van der Waals surface area contributed by atoms with E-state index in [1.54, 1.807) is 19.2 Å². The summed E-state index contributed by atoms with van der Waals surface area (Å²) in [5, 5.41) is 0. The van der Waals surface area contributed by atoms with E-state index in [2.05, 4.69) is 35.9 Å². The molecule has 1 aromatic rings. The third-order valence-corrected chi connectivity index (χ3v) is 2.58. The van der Waals surface area contributed by atoms with Crippen LogP contribution < -0.4 is 0 Å². The smallest absolute Gasteiger partial charge is 0.159 e. The number of Topliss-reactive ketones (excluding diaryl/α,β-unsaturated/α-hetero) is 1. The number of hydrogen-bond donors (Lipinski definition) is 0. The third kappa shape index (κ3) is 5.06. The van der Waals surface area contributed by atoms with Crippen LogP contribution in [0.2, 0.25) is 0 Å². The van der Waals surface area contributed by atoms with E-state index >= 15 is 0 Å². The van der Waals surface area contributed by atoms with Crippen molar-refractivity contribution in [2.24, 2.45) is 0 Å². The van der Waals surface area contributed by atoms with Crippen LogP contribution in [0.15, 0.2) is 18.3 Å². The number of pyridine rings is 1. The molecule has 17 heavy (non-hydrogen) atoms. The van der Waals surface area contributed by atoms with Gasteiger partial charge in [-0.2, -0.15) is 0 Å². The summed E-state index contributed by atoms with van der Waals surface area (Å²) in [5.41, 5.74) is 1.68. The summed E-state index contributed by atoms with van der Waals surface area (Å²) in [6.45, 7) is 4.35. The van der Waals surface area contributed by atoms with Gasteiger partial charge < -0.3 is 4.90 Å². The van der Waals surface area contributed by atoms with Crippen LogP contribution >= 0.6 is 0 Å². The molecule has 0 aliphatic rings. The Labute approximate surface area is 103 Å². The highest BCUT2D eigenvalue weighted by atomic mass is 16.1. The predicted molar refractivity (Wildman–Crippen MR) is 69.1 cm³/mol. The zero-order valence-electron chi connectivity index (χ0n) is 11.1. The van der Waals surface area contributed by atoms with Gasteiger partial charge in [0, 0.05) is 31.4 Å². The molecule has 0 unspecified atom stereocenters. The van der Waals surface area contributed by atoms with E-state index < -0.39 is 0 Å². The van der Waals surface area contributed by atoms with Crippen molar-refractivity contribution in [2.45, 2.75) is 13.5 Å². The lowest BCUT2D eigenvalue weighted by atomic mass is 10.1. The largest absolute Gasteiger partial charge is 0.308 e. The quantitative estimate of drug-likeness (QED) is 0.696. The molecule has 94 valence electrons. The minimum Gasteiger partial charge on any atom is -0.308 e. The van der Waals surface area contributed by atoms with Crippen LogP contribution in [-0.4, -0.2) is 54.8 Å².